The fourth-order valence-electron chi connectivity index (χ4n) is 2.54. The number of carboxylic acids is 1. The van der Waals surface area contributed by atoms with Gasteiger partial charge in [0.25, 0.3) is 0 Å². The van der Waals surface area contributed by atoms with Crippen LogP contribution >= 0.6 is 0 Å². The molecule has 1 aliphatic rings. The Bertz CT molecular complexity index is 531. The highest BCUT2D eigenvalue weighted by Gasteiger charge is 2.23. The number of aryl methyl sites for hydroxylation is 1. The molecule has 0 radical (unpaired) electrons. The molecule has 0 heterocycles. The van der Waals surface area contributed by atoms with E-state index in [1.54, 1.807) is 14.2 Å². The van der Waals surface area contributed by atoms with Crippen LogP contribution in [0.4, 0.5) is 0 Å². The summed E-state index contributed by atoms with van der Waals surface area (Å²) < 4.78 is 10.6. The van der Waals surface area contributed by atoms with E-state index in [4.69, 9.17) is 14.6 Å². The smallest absolute Gasteiger partial charge is 0.328 e. The third-order valence-electron chi connectivity index (χ3n) is 3.58. The minimum atomic E-state index is -0.913. The van der Waals surface area contributed by atoms with E-state index in [2.05, 4.69) is 6.92 Å². The fraction of sp³-hybridized carbons (Fsp3) is 0.400. The Morgan fingerprint density at radius 2 is 1.95 bits per heavy atom. The number of ether oxygens (including phenoxy) is 2. The van der Waals surface area contributed by atoms with Crippen LogP contribution in [0.25, 0.3) is 5.57 Å². The molecule has 19 heavy (non-hydrogen) atoms. The van der Waals surface area contributed by atoms with Crippen LogP contribution in [0.5, 0.6) is 11.5 Å². The second-order valence-electron chi connectivity index (χ2n) is 4.74. The molecule has 102 valence electrons. The first-order chi connectivity index (χ1) is 9.06. The minimum absolute atomic E-state index is 0.238. The first-order valence-electron chi connectivity index (χ1n) is 6.26. The van der Waals surface area contributed by atoms with Crippen molar-refractivity contribution in [3.8, 4) is 11.5 Å². The van der Waals surface area contributed by atoms with Gasteiger partial charge in [-0.25, -0.2) is 4.79 Å². The molecule has 0 amide bonds. The van der Waals surface area contributed by atoms with E-state index in [1.807, 2.05) is 12.1 Å². The highest BCUT2D eigenvalue weighted by molar-refractivity contribution is 5.91. The molecule has 0 fully saturated rings. The van der Waals surface area contributed by atoms with Gasteiger partial charge in [-0.2, -0.15) is 0 Å². The molecule has 0 spiro atoms. The maximum Gasteiger partial charge on any atom is 0.328 e. The molecule has 1 aromatic rings. The van der Waals surface area contributed by atoms with Gasteiger partial charge in [0.1, 0.15) is 0 Å². The first kappa shape index (κ1) is 13.5. The van der Waals surface area contributed by atoms with Crippen LogP contribution in [0.3, 0.4) is 0 Å². The van der Waals surface area contributed by atoms with Crippen LogP contribution in [-0.2, 0) is 11.2 Å². The van der Waals surface area contributed by atoms with Crippen molar-refractivity contribution in [3.63, 3.8) is 0 Å². The SMILES string of the molecule is COc1cc2c(cc1OC)/C(=C/C(=O)O)C(C)CC2. The number of carbonyl (C=O) groups is 1. The van der Waals surface area contributed by atoms with Crippen LogP contribution in [0.15, 0.2) is 18.2 Å². The lowest BCUT2D eigenvalue weighted by Gasteiger charge is -2.26. The molecule has 1 N–H and O–H groups in total. The normalized spacial score (nSPS) is 19.9. The number of allylic oxidation sites excluding steroid dienone is 1. The van der Waals surface area contributed by atoms with E-state index < -0.39 is 5.97 Å². The molecule has 1 aromatic carbocycles. The zero-order chi connectivity index (χ0) is 14.0. The summed E-state index contributed by atoms with van der Waals surface area (Å²) in [5.41, 5.74) is 2.93. The predicted molar refractivity (Wildman–Crippen MR) is 72.6 cm³/mol. The summed E-state index contributed by atoms with van der Waals surface area (Å²) in [6, 6.07) is 3.81. The molecule has 0 aliphatic heterocycles. The van der Waals surface area contributed by atoms with E-state index >= 15 is 0 Å². The van der Waals surface area contributed by atoms with Gasteiger partial charge in [0, 0.05) is 6.08 Å². The Morgan fingerprint density at radius 3 is 2.53 bits per heavy atom. The van der Waals surface area contributed by atoms with E-state index in [1.165, 1.54) is 6.08 Å². The molecule has 0 aromatic heterocycles. The second kappa shape index (κ2) is 5.34. The first-order valence-corrected chi connectivity index (χ1v) is 6.26. The lowest BCUT2D eigenvalue weighted by molar-refractivity contribution is -0.131. The van der Waals surface area contributed by atoms with Gasteiger partial charge >= 0.3 is 5.97 Å². The van der Waals surface area contributed by atoms with E-state index in [0.29, 0.717) is 11.5 Å². The molecular formula is C15H18O4. The summed E-state index contributed by atoms with van der Waals surface area (Å²) in [6.07, 6.45) is 3.17. The van der Waals surface area contributed by atoms with Crippen molar-refractivity contribution in [2.75, 3.05) is 14.2 Å². The minimum Gasteiger partial charge on any atom is -0.493 e. The zero-order valence-corrected chi connectivity index (χ0v) is 11.4. The summed E-state index contributed by atoms with van der Waals surface area (Å²) in [5, 5.41) is 9.00. The molecule has 0 bridgehead atoms. The highest BCUT2D eigenvalue weighted by atomic mass is 16.5. The number of aliphatic carboxylic acids is 1. The van der Waals surface area contributed by atoms with Crippen LogP contribution in [-0.4, -0.2) is 25.3 Å². The van der Waals surface area contributed by atoms with Crippen molar-refractivity contribution in [1.29, 1.82) is 0 Å². The largest absolute Gasteiger partial charge is 0.493 e. The van der Waals surface area contributed by atoms with Gasteiger partial charge in [-0.15, -0.1) is 0 Å². The topological polar surface area (TPSA) is 55.8 Å². The summed E-state index contributed by atoms with van der Waals surface area (Å²) in [6.45, 7) is 2.05. The van der Waals surface area contributed by atoms with Crippen molar-refractivity contribution in [1.82, 2.24) is 0 Å². The summed E-state index contributed by atoms with van der Waals surface area (Å²) in [5.74, 6) is 0.642. The van der Waals surface area contributed by atoms with Gasteiger partial charge in [-0.1, -0.05) is 6.92 Å². The molecule has 1 unspecified atom stereocenters. The van der Waals surface area contributed by atoms with Crippen LogP contribution < -0.4 is 9.47 Å². The number of rotatable bonds is 3. The average molecular weight is 262 g/mol. The Labute approximate surface area is 112 Å². The molecular weight excluding hydrogens is 244 g/mol. The third kappa shape index (κ3) is 2.57. The van der Waals surface area contributed by atoms with Gasteiger partial charge in [0.15, 0.2) is 11.5 Å². The number of fused-ring (bicyclic) bond motifs is 1. The van der Waals surface area contributed by atoms with Crippen molar-refractivity contribution in [2.24, 2.45) is 5.92 Å². The number of hydrogen-bond donors (Lipinski definition) is 1. The van der Waals surface area contributed by atoms with Crippen LogP contribution in [0, 0.1) is 5.92 Å². The number of hydrogen-bond acceptors (Lipinski definition) is 3. The predicted octanol–water partition coefficient (Wildman–Crippen LogP) is 2.75. The molecule has 4 nitrogen and oxygen atoms in total. The monoisotopic (exact) mass is 262 g/mol. The molecule has 2 rings (SSSR count). The van der Waals surface area contributed by atoms with E-state index in [9.17, 15) is 4.79 Å². The van der Waals surface area contributed by atoms with Gasteiger partial charge in [0.2, 0.25) is 0 Å². The number of methoxy groups -OCH3 is 2. The Morgan fingerprint density at radius 1 is 1.32 bits per heavy atom. The summed E-state index contributed by atoms with van der Waals surface area (Å²) in [7, 11) is 3.18. The highest BCUT2D eigenvalue weighted by Crippen LogP contribution is 2.40. The van der Waals surface area contributed by atoms with E-state index in [-0.39, 0.29) is 5.92 Å². The number of carboxylic acid groups (broad SMARTS) is 1. The lowest BCUT2D eigenvalue weighted by atomic mass is 9.80. The van der Waals surface area contributed by atoms with Crippen LogP contribution in [0.2, 0.25) is 0 Å². The maximum absolute atomic E-state index is 11.0. The summed E-state index contributed by atoms with van der Waals surface area (Å²) in [4.78, 5) is 11.0. The standard InChI is InChI=1S/C15H18O4/c1-9-4-5-10-6-13(18-2)14(19-3)7-12(10)11(9)8-15(16)17/h6-9H,4-5H2,1-3H3,(H,16,17)/b11-8+. The lowest BCUT2D eigenvalue weighted by Crippen LogP contribution is -2.12. The van der Waals surface area contributed by atoms with Gasteiger partial charge in [-0.05, 0) is 47.6 Å². The second-order valence-corrected chi connectivity index (χ2v) is 4.74. The molecule has 1 atom stereocenters. The van der Waals surface area contributed by atoms with E-state index in [0.717, 1.165) is 29.5 Å². The van der Waals surface area contributed by atoms with Gasteiger partial charge in [-0.3, -0.25) is 0 Å². The van der Waals surface area contributed by atoms with Crippen molar-refractivity contribution in [2.45, 2.75) is 19.8 Å². The van der Waals surface area contributed by atoms with Gasteiger partial charge < -0.3 is 14.6 Å². The Kier molecular flexibility index (Phi) is 3.79. The van der Waals surface area contributed by atoms with Crippen molar-refractivity contribution >= 4 is 11.5 Å². The zero-order valence-electron chi connectivity index (χ0n) is 11.4. The van der Waals surface area contributed by atoms with Crippen molar-refractivity contribution in [3.05, 3.63) is 29.3 Å². The third-order valence-corrected chi connectivity index (χ3v) is 3.58. The summed E-state index contributed by atoms with van der Waals surface area (Å²) >= 11 is 0. The quantitative estimate of drug-likeness (QED) is 0.851. The molecule has 0 saturated carbocycles. The van der Waals surface area contributed by atoms with Crippen molar-refractivity contribution < 1.29 is 19.4 Å². The average Bonchev–Trinajstić information content (AvgIpc) is 2.40. The van der Waals surface area contributed by atoms with Gasteiger partial charge in [0.05, 0.1) is 14.2 Å². The van der Waals surface area contributed by atoms with Crippen LogP contribution in [0.1, 0.15) is 24.5 Å². The molecule has 0 saturated heterocycles. The Hall–Kier alpha value is -1.97. The number of benzene rings is 1. The molecule has 4 heteroatoms. The fourth-order valence-corrected chi connectivity index (χ4v) is 2.54. The maximum atomic E-state index is 11.0. The Balaban J connectivity index is 2.58. The molecule has 1 aliphatic carbocycles.